The number of hydrogen-bond donors (Lipinski definition) is 2. The molecule has 2 aromatic carbocycles. The molecule has 2 aromatic rings. The number of anilines is 1. The molecule has 0 unspecified atom stereocenters. The molecule has 4 heteroatoms. The quantitative estimate of drug-likeness (QED) is 0.897. The Hall–Kier alpha value is -2.33. The van der Waals surface area contributed by atoms with E-state index in [0.717, 1.165) is 5.75 Å². The predicted molar refractivity (Wildman–Crippen MR) is 80.0 cm³/mol. The molecule has 0 aromatic heterocycles. The Kier molecular flexibility index (Phi) is 4.38. The Bertz CT molecular complexity index is 574. The van der Waals surface area contributed by atoms with Crippen molar-refractivity contribution in [3.8, 4) is 11.5 Å². The smallest absolute Gasteiger partial charge is 0.240 e. The Labute approximate surface area is 118 Å². The van der Waals surface area contributed by atoms with Crippen LogP contribution in [-0.2, 0) is 4.79 Å². The number of carbonyl (C=O) groups excluding carboxylic acids is 1. The van der Waals surface area contributed by atoms with Gasteiger partial charge in [0.05, 0.1) is 6.04 Å². The third kappa shape index (κ3) is 3.83. The maximum Gasteiger partial charge on any atom is 0.240 e. The van der Waals surface area contributed by atoms with E-state index in [-0.39, 0.29) is 5.91 Å². The first-order valence-corrected chi connectivity index (χ1v) is 6.45. The van der Waals surface area contributed by atoms with Gasteiger partial charge in [0.1, 0.15) is 11.5 Å². The number of nitrogens with one attached hydrogen (secondary N) is 1. The highest BCUT2D eigenvalue weighted by Gasteiger charge is 2.07. The molecule has 0 saturated heterocycles. The normalized spacial score (nSPS) is 11.8. The lowest BCUT2D eigenvalue weighted by atomic mass is 10.2. The highest BCUT2D eigenvalue weighted by molar-refractivity contribution is 5.94. The van der Waals surface area contributed by atoms with E-state index in [1.165, 1.54) is 5.56 Å². The van der Waals surface area contributed by atoms with Crippen LogP contribution >= 0.6 is 0 Å². The van der Waals surface area contributed by atoms with Crippen molar-refractivity contribution in [2.24, 2.45) is 5.73 Å². The van der Waals surface area contributed by atoms with Crippen LogP contribution in [0.2, 0.25) is 0 Å². The highest BCUT2D eigenvalue weighted by Crippen LogP contribution is 2.23. The van der Waals surface area contributed by atoms with E-state index < -0.39 is 6.04 Å². The first-order chi connectivity index (χ1) is 9.54. The molecule has 0 aliphatic heterocycles. The average molecular weight is 270 g/mol. The van der Waals surface area contributed by atoms with E-state index >= 15 is 0 Å². The van der Waals surface area contributed by atoms with Crippen LogP contribution in [-0.4, -0.2) is 11.9 Å². The van der Waals surface area contributed by atoms with Crippen molar-refractivity contribution >= 4 is 11.6 Å². The molecule has 0 spiro atoms. The zero-order chi connectivity index (χ0) is 14.5. The topological polar surface area (TPSA) is 64.3 Å². The van der Waals surface area contributed by atoms with Gasteiger partial charge in [-0.15, -0.1) is 0 Å². The number of benzene rings is 2. The molecular weight excluding hydrogens is 252 g/mol. The summed E-state index contributed by atoms with van der Waals surface area (Å²) >= 11 is 0. The van der Waals surface area contributed by atoms with E-state index in [4.69, 9.17) is 10.5 Å². The van der Waals surface area contributed by atoms with Crippen LogP contribution < -0.4 is 15.8 Å². The number of hydrogen-bond acceptors (Lipinski definition) is 3. The molecule has 20 heavy (non-hydrogen) atoms. The Morgan fingerprint density at radius 3 is 2.05 bits per heavy atom. The zero-order valence-corrected chi connectivity index (χ0v) is 11.6. The minimum atomic E-state index is -0.529. The molecule has 2 rings (SSSR count). The molecule has 3 N–H and O–H groups in total. The lowest BCUT2D eigenvalue weighted by molar-refractivity contribution is -0.117. The summed E-state index contributed by atoms with van der Waals surface area (Å²) in [7, 11) is 0. The number of aryl methyl sites for hydroxylation is 1. The van der Waals surface area contributed by atoms with Crippen LogP contribution in [0, 0.1) is 6.92 Å². The molecule has 1 atom stereocenters. The second-order valence-corrected chi connectivity index (χ2v) is 4.72. The molecular formula is C16H18N2O2. The summed E-state index contributed by atoms with van der Waals surface area (Å²) in [6, 6.07) is 14.5. The van der Waals surface area contributed by atoms with Crippen LogP contribution in [0.1, 0.15) is 12.5 Å². The molecule has 0 radical (unpaired) electrons. The van der Waals surface area contributed by atoms with Gasteiger partial charge in [0.2, 0.25) is 5.91 Å². The van der Waals surface area contributed by atoms with Crippen LogP contribution in [0.25, 0.3) is 0 Å². The van der Waals surface area contributed by atoms with E-state index in [1.807, 2.05) is 31.2 Å². The van der Waals surface area contributed by atoms with Gasteiger partial charge >= 0.3 is 0 Å². The number of amides is 1. The molecule has 1 amide bonds. The summed E-state index contributed by atoms with van der Waals surface area (Å²) in [6.45, 7) is 3.67. The van der Waals surface area contributed by atoms with Gasteiger partial charge in [-0.05, 0) is 50.2 Å². The van der Waals surface area contributed by atoms with Crippen molar-refractivity contribution in [2.45, 2.75) is 19.9 Å². The summed E-state index contributed by atoms with van der Waals surface area (Å²) in [5.74, 6) is 1.29. The van der Waals surface area contributed by atoms with Gasteiger partial charge < -0.3 is 15.8 Å². The first kappa shape index (κ1) is 14.1. The number of nitrogens with two attached hydrogens (primary N) is 1. The van der Waals surface area contributed by atoms with Gasteiger partial charge in [0.15, 0.2) is 0 Å². The molecule has 0 bridgehead atoms. The minimum absolute atomic E-state index is 0.211. The third-order valence-electron chi connectivity index (χ3n) is 2.79. The fourth-order valence-corrected chi connectivity index (χ4v) is 1.60. The molecule has 0 aliphatic rings. The maximum atomic E-state index is 11.5. The highest BCUT2D eigenvalue weighted by atomic mass is 16.5. The summed E-state index contributed by atoms with van der Waals surface area (Å²) < 4.78 is 5.70. The summed E-state index contributed by atoms with van der Waals surface area (Å²) in [4.78, 5) is 11.5. The number of rotatable bonds is 4. The molecule has 0 saturated carbocycles. The zero-order valence-electron chi connectivity index (χ0n) is 11.6. The van der Waals surface area contributed by atoms with Crippen LogP contribution in [0.15, 0.2) is 48.5 Å². The van der Waals surface area contributed by atoms with Gasteiger partial charge in [-0.25, -0.2) is 0 Å². The summed E-state index contributed by atoms with van der Waals surface area (Å²) in [6.07, 6.45) is 0. The van der Waals surface area contributed by atoms with Crippen molar-refractivity contribution in [3.05, 3.63) is 54.1 Å². The fourth-order valence-electron chi connectivity index (χ4n) is 1.60. The third-order valence-corrected chi connectivity index (χ3v) is 2.79. The maximum absolute atomic E-state index is 11.5. The molecule has 0 fully saturated rings. The van der Waals surface area contributed by atoms with Crippen LogP contribution in [0.3, 0.4) is 0 Å². The van der Waals surface area contributed by atoms with Gasteiger partial charge in [0.25, 0.3) is 0 Å². The minimum Gasteiger partial charge on any atom is -0.457 e. The lowest BCUT2D eigenvalue weighted by Gasteiger charge is -2.09. The first-order valence-electron chi connectivity index (χ1n) is 6.45. The largest absolute Gasteiger partial charge is 0.457 e. The Morgan fingerprint density at radius 2 is 1.55 bits per heavy atom. The molecule has 0 heterocycles. The predicted octanol–water partition coefficient (Wildman–Crippen LogP) is 3.07. The van der Waals surface area contributed by atoms with Crippen molar-refractivity contribution in [3.63, 3.8) is 0 Å². The second kappa shape index (κ2) is 6.21. The van der Waals surface area contributed by atoms with E-state index in [0.29, 0.717) is 11.4 Å². The monoisotopic (exact) mass is 270 g/mol. The lowest BCUT2D eigenvalue weighted by Crippen LogP contribution is -2.32. The van der Waals surface area contributed by atoms with E-state index in [1.54, 1.807) is 31.2 Å². The molecule has 0 aliphatic carbocycles. The van der Waals surface area contributed by atoms with Crippen molar-refractivity contribution < 1.29 is 9.53 Å². The van der Waals surface area contributed by atoms with Crippen LogP contribution in [0.4, 0.5) is 5.69 Å². The summed E-state index contributed by atoms with van der Waals surface area (Å²) in [5, 5.41) is 2.72. The SMILES string of the molecule is Cc1ccc(Oc2ccc(NC(=O)[C@@H](C)N)cc2)cc1. The Balaban J connectivity index is 2.01. The summed E-state index contributed by atoms with van der Waals surface area (Å²) in [5.41, 5.74) is 7.38. The molecule has 4 nitrogen and oxygen atoms in total. The van der Waals surface area contributed by atoms with Crippen molar-refractivity contribution in [1.29, 1.82) is 0 Å². The van der Waals surface area contributed by atoms with Crippen molar-refractivity contribution in [2.75, 3.05) is 5.32 Å². The fraction of sp³-hybridized carbons (Fsp3) is 0.188. The number of carbonyl (C=O) groups is 1. The van der Waals surface area contributed by atoms with E-state index in [2.05, 4.69) is 5.32 Å². The van der Waals surface area contributed by atoms with Crippen LogP contribution in [0.5, 0.6) is 11.5 Å². The average Bonchev–Trinajstić information content (AvgIpc) is 2.43. The standard InChI is InChI=1S/C16H18N2O2/c1-11-3-7-14(8-4-11)20-15-9-5-13(6-10-15)18-16(19)12(2)17/h3-10,12H,17H2,1-2H3,(H,18,19)/t12-/m1/s1. The van der Waals surface area contributed by atoms with Gasteiger partial charge in [-0.2, -0.15) is 0 Å². The van der Waals surface area contributed by atoms with E-state index in [9.17, 15) is 4.79 Å². The van der Waals surface area contributed by atoms with Gasteiger partial charge in [-0.3, -0.25) is 4.79 Å². The Morgan fingerprint density at radius 1 is 1.05 bits per heavy atom. The van der Waals surface area contributed by atoms with Gasteiger partial charge in [0, 0.05) is 5.69 Å². The second-order valence-electron chi connectivity index (χ2n) is 4.72. The van der Waals surface area contributed by atoms with Gasteiger partial charge in [-0.1, -0.05) is 17.7 Å². The van der Waals surface area contributed by atoms with Crippen molar-refractivity contribution in [1.82, 2.24) is 0 Å². The number of ether oxygens (including phenoxy) is 1. The molecule has 104 valence electrons.